The molecule has 1 unspecified atom stereocenters. The maximum atomic E-state index is 13.2. The number of halogens is 2. The van der Waals surface area contributed by atoms with E-state index >= 15 is 0 Å². The molecule has 2 N–H and O–H groups in total. The van der Waals surface area contributed by atoms with Gasteiger partial charge in [-0.15, -0.1) is 0 Å². The minimum absolute atomic E-state index is 0.0266. The van der Waals surface area contributed by atoms with Crippen LogP contribution in [0.3, 0.4) is 0 Å². The van der Waals surface area contributed by atoms with Crippen molar-refractivity contribution < 1.29 is 13.9 Å². The van der Waals surface area contributed by atoms with Crippen molar-refractivity contribution in [2.75, 3.05) is 26.9 Å². The Morgan fingerprint density at radius 2 is 2.06 bits per heavy atom. The highest BCUT2D eigenvalue weighted by Gasteiger charge is 2.06. The summed E-state index contributed by atoms with van der Waals surface area (Å²) < 4.78 is 24.1. The number of nitrogens with two attached hydrogens (primary N) is 1. The van der Waals surface area contributed by atoms with Crippen molar-refractivity contribution in [2.24, 2.45) is 5.73 Å². The smallest absolute Gasteiger partial charge is 0.124 e. The second-order valence-corrected chi connectivity index (χ2v) is 5.05. The summed E-state index contributed by atoms with van der Waals surface area (Å²) in [5.74, 6) is -0.247. The number of ether oxygens (including phenoxy) is 2. The average molecular weight is 320 g/mol. The molecule has 1 aromatic rings. The zero-order valence-corrected chi connectivity index (χ0v) is 12.1. The van der Waals surface area contributed by atoms with Gasteiger partial charge in [-0.25, -0.2) is 4.39 Å². The summed E-state index contributed by atoms with van der Waals surface area (Å²) in [5.41, 5.74) is 6.87. The first-order valence-electron chi connectivity index (χ1n) is 5.89. The fraction of sp³-hybridized carbons (Fsp3) is 0.538. The zero-order chi connectivity index (χ0) is 13.4. The Hall–Kier alpha value is -0.490. The van der Waals surface area contributed by atoms with Crippen LogP contribution in [0, 0.1) is 5.82 Å². The molecular weight excluding hydrogens is 301 g/mol. The molecule has 1 rings (SSSR count). The van der Waals surface area contributed by atoms with Crippen LogP contribution in [0.25, 0.3) is 0 Å². The Labute approximate surface area is 116 Å². The normalized spacial score (nSPS) is 12.7. The van der Waals surface area contributed by atoms with Crippen molar-refractivity contribution in [1.82, 2.24) is 0 Å². The van der Waals surface area contributed by atoms with Gasteiger partial charge >= 0.3 is 0 Å². The molecule has 1 aromatic carbocycles. The molecule has 0 aromatic heterocycles. The highest BCUT2D eigenvalue weighted by atomic mass is 79.9. The topological polar surface area (TPSA) is 44.5 Å². The fourth-order valence-electron chi connectivity index (χ4n) is 1.61. The van der Waals surface area contributed by atoms with E-state index in [0.717, 1.165) is 16.5 Å². The maximum absolute atomic E-state index is 13.2. The predicted molar refractivity (Wildman–Crippen MR) is 73.1 cm³/mol. The lowest BCUT2D eigenvalue weighted by molar-refractivity contribution is 0.0672. The van der Waals surface area contributed by atoms with Crippen LogP contribution in [-0.4, -0.2) is 33.0 Å². The third-order valence-corrected chi connectivity index (χ3v) is 2.94. The van der Waals surface area contributed by atoms with Crippen molar-refractivity contribution in [1.29, 1.82) is 0 Å². The summed E-state index contributed by atoms with van der Waals surface area (Å²) in [4.78, 5) is 0. The van der Waals surface area contributed by atoms with Crippen molar-refractivity contribution >= 4 is 15.9 Å². The summed E-state index contributed by atoms with van der Waals surface area (Å²) >= 11 is 3.26. The molecule has 0 aliphatic carbocycles. The van der Waals surface area contributed by atoms with Gasteiger partial charge in [0.1, 0.15) is 5.82 Å². The lowest BCUT2D eigenvalue weighted by Gasteiger charge is -2.12. The van der Waals surface area contributed by atoms with E-state index in [9.17, 15) is 4.39 Å². The molecule has 0 bridgehead atoms. The quantitative estimate of drug-likeness (QED) is 0.749. The van der Waals surface area contributed by atoms with Crippen LogP contribution in [0.1, 0.15) is 12.0 Å². The van der Waals surface area contributed by atoms with Crippen molar-refractivity contribution in [2.45, 2.75) is 18.9 Å². The zero-order valence-electron chi connectivity index (χ0n) is 10.5. The van der Waals surface area contributed by atoms with Gasteiger partial charge in [-0.2, -0.15) is 0 Å². The molecule has 0 radical (unpaired) electrons. The molecule has 0 amide bonds. The van der Waals surface area contributed by atoms with E-state index < -0.39 is 0 Å². The van der Waals surface area contributed by atoms with Gasteiger partial charge in [0.25, 0.3) is 0 Å². The molecule has 0 fully saturated rings. The largest absolute Gasteiger partial charge is 0.382 e. The lowest BCUT2D eigenvalue weighted by atomic mass is 10.0. The second kappa shape index (κ2) is 8.58. The molecule has 102 valence electrons. The highest BCUT2D eigenvalue weighted by molar-refractivity contribution is 9.10. The van der Waals surface area contributed by atoms with Gasteiger partial charge in [0.05, 0.1) is 13.2 Å². The molecule has 0 saturated heterocycles. The molecule has 0 heterocycles. The van der Waals surface area contributed by atoms with E-state index in [-0.39, 0.29) is 11.9 Å². The maximum Gasteiger partial charge on any atom is 0.124 e. The third kappa shape index (κ3) is 6.44. The number of hydrogen-bond acceptors (Lipinski definition) is 3. The molecule has 1 atom stereocenters. The van der Waals surface area contributed by atoms with Gasteiger partial charge in [0.15, 0.2) is 0 Å². The van der Waals surface area contributed by atoms with Crippen LogP contribution in [0.4, 0.5) is 4.39 Å². The first kappa shape index (κ1) is 15.6. The Morgan fingerprint density at radius 1 is 1.28 bits per heavy atom. The van der Waals surface area contributed by atoms with Crippen LogP contribution < -0.4 is 5.73 Å². The average Bonchev–Trinajstić information content (AvgIpc) is 2.27. The summed E-state index contributed by atoms with van der Waals surface area (Å²) in [7, 11) is 1.64. The van der Waals surface area contributed by atoms with Crippen LogP contribution in [-0.2, 0) is 15.9 Å². The van der Waals surface area contributed by atoms with E-state index in [1.807, 2.05) is 6.07 Å². The van der Waals surface area contributed by atoms with Crippen molar-refractivity contribution in [3.05, 3.63) is 34.1 Å². The van der Waals surface area contributed by atoms with Gasteiger partial charge in [-0.3, -0.25) is 0 Å². The van der Waals surface area contributed by atoms with Crippen LogP contribution in [0.5, 0.6) is 0 Å². The Balaban J connectivity index is 2.28. The Bertz CT molecular complexity index is 343. The second-order valence-electron chi connectivity index (χ2n) is 4.14. The van der Waals surface area contributed by atoms with Gasteiger partial charge in [0.2, 0.25) is 0 Å². The minimum atomic E-state index is -0.247. The SMILES string of the molecule is COCCOCCC(N)Cc1cc(F)cc(Br)c1. The molecule has 18 heavy (non-hydrogen) atoms. The van der Waals surface area contributed by atoms with Crippen molar-refractivity contribution in [3.63, 3.8) is 0 Å². The summed E-state index contributed by atoms with van der Waals surface area (Å²) in [6, 6.07) is 4.80. The fourth-order valence-corrected chi connectivity index (χ4v) is 2.13. The first-order chi connectivity index (χ1) is 8.61. The van der Waals surface area contributed by atoms with Crippen LogP contribution in [0.2, 0.25) is 0 Å². The Kier molecular flexibility index (Phi) is 7.42. The first-order valence-corrected chi connectivity index (χ1v) is 6.68. The van der Waals surface area contributed by atoms with Gasteiger partial charge < -0.3 is 15.2 Å². The molecule has 0 spiro atoms. The standard InChI is InChI=1S/C13H19BrFNO2/c1-17-4-5-18-3-2-13(16)8-10-6-11(14)9-12(15)7-10/h6-7,9,13H,2-5,8,16H2,1H3. The van der Waals surface area contributed by atoms with E-state index in [2.05, 4.69) is 15.9 Å². The van der Waals surface area contributed by atoms with E-state index in [4.69, 9.17) is 15.2 Å². The lowest BCUT2D eigenvalue weighted by Crippen LogP contribution is -2.25. The van der Waals surface area contributed by atoms with E-state index in [1.54, 1.807) is 7.11 Å². The summed E-state index contributed by atoms with van der Waals surface area (Å²) in [6.07, 6.45) is 1.39. The van der Waals surface area contributed by atoms with E-state index in [0.29, 0.717) is 26.2 Å². The summed E-state index contributed by atoms with van der Waals surface area (Å²) in [5, 5.41) is 0. The molecule has 0 aliphatic rings. The number of rotatable bonds is 8. The van der Waals surface area contributed by atoms with Crippen molar-refractivity contribution in [3.8, 4) is 0 Å². The Morgan fingerprint density at radius 3 is 2.72 bits per heavy atom. The van der Waals surface area contributed by atoms with Crippen LogP contribution >= 0.6 is 15.9 Å². The van der Waals surface area contributed by atoms with Gasteiger partial charge in [0, 0.05) is 24.2 Å². The molecule has 3 nitrogen and oxygen atoms in total. The monoisotopic (exact) mass is 319 g/mol. The van der Waals surface area contributed by atoms with Gasteiger partial charge in [-0.1, -0.05) is 15.9 Å². The minimum Gasteiger partial charge on any atom is -0.382 e. The summed E-state index contributed by atoms with van der Waals surface area (Å²) in [6.45, 7) is 1.77. The van der Waals surface area contributed by atoms with Gasteiger partial charge in [-0.05, 0) is 36.6 Å². The highest BCUT2D eigenvalue weighted by Crippen LogP contribution is 2.16. The molecule has 0 saturated carbocycles. The number of hydrogen-bond donors (Lipinski definition) is 1. The van der Waals surface area contributed by atoms with E-state index in [1.165, 1.54) is 12.1 Å². The molecular formula is C13H19BrFNO2. The number of methoxy groups -OCH3 is 1. The number of benzene rings is 1. The molecule has 5 heteroatoms. The third-order valence-electron chi connectivity index (χ3n) is 2.49. The predicted octanol–water partition coefficient (Wildman–Crippen LogP) is 2.51. The van der Waals surface area contributed by atoms with Crippen LogP contribution in [0.15, 0.2) is 22.7 Å². The molecule has 0 aliphatic heterocycles.